The normalized spacial score (nSPS) is 15.8. The molecule has 345 valence electrons. The first-order valence-corrected chi connectivity index (χ1v) is 25.3. The Morgan fingerprint density at radius 3 is 1.86 bits per heavy atom. The Bertz CT molecular complexity index is 2550. The lowest BCUT2D eigenvalue weighted by atomic mass is 9.51. The second-order valence-corrected chi connectivity index (χ2v) is 19.4. The Hall–Kier alpha value is -5.06. The van der Waals surface area contributed by atoms with E-state index in [9.17, 15) is 13.0 Å². The molecule has 6 rings (SSSR count). The number of nitrogens with zero attached hydrogens (tertiary/aromatic N) is 2. The number of aromatic nitrogens is 2. The predicted molar refractivity (Wildman–Crippen MR) is 265 cm³/mol. The lowest BCUT2D eigenvalue weighted by Gasteiger charge is -2.37. The predicted octanol–water partition coefficient (Wildman–Crippen LogP) is 9.68. The summed E-state index contributed by atoms with van der Waals surface area (Å²) in [5.41, 5.74) is 3.95. The van der Waals surface area contributed by atoms with Crippen LogP contribution in [0.25, 0.3) is 0 Å². The lowest BCUT2D eigenvalue weighted by Crippen LogP contribution is -2.38. The highest BCUT2D eigenvalue weighted by molar-refractivity contribution is 8.13. The summed E-state index contributed by atoms with van der Waals surface area (Å²) in [4.78, 5) is 4.02. The van der Waals surface area contributed by atoms with Gasteiger partial charge in [0, 0.05) is 72.9 Å². The van der Waals surface area contributed by atoms with Gasteiger partial charge in [-0.25, -0.2) is 18.0 Å². The van der Waals surface area contributed by atoms with E-state index in [1.807, 2.05) is 116 Å². The highest BCUT2D eigenvalue weighted by Gasteiger charge is 2.43. The molecule has 1 aromatic heterocycles. The van der Waals surface area contributed by atoms with Gasteiger partial charge in [0.15, 0.2) is 0 Å². The van der Waals surface area contributed by atoms with Crippen LogP contribution >= 0.6 is 29.9 Å². The largest absolute Gasteiger partial charge is 0.497 e. The quantitative estimate of drug-likeness (QED) is 0.0371. The monoisotopic (exact) mass is 969 g/mol. The molecule has 2 unspecified atom stereocenters. The average Bonchev–Trinajstić information content (AvgIpc) is 3.93. The standard InChI is InChI=1S/C33H29B2ClO7P.C9H11ClO2S.C4H6N2.C3H8/c1-38-28-17-13-26(14-18-28)33(25-11-7-6-8-12-25,27-15-19-29(39-2)20-16-27)40-24-31-30(23-32(35-34)42-31)43-44(3,37)41-22-10-5-4-9-21-36;1-6-4-7(2)9(8(3)5-6)13(10,11)12;1-6-3-2-5-4-6;1-3-2/h6-8,11-20,30-32H,23-24H2,1-3H3;4-5H,1-3H3;2-4H,1H3;3H2,1-2H3/t30?,31-,32-,44?;;;/m1.../s1. The van der Waals surface area contributed by atoms with Crippen molar-refractivity contribution >= 4 is 53.8 Å². The van der Waals surface area contributed by atoms with Crippen LogP contribution in [0.3, 0.4) is 0 Å². The zero-order chi connectivity index (χ0) is 48.8. The van der Waals surface area contributed by atoms with E-state index in [1.54, 1.807) is 40.6 Å². The number of benzene rings is 4. The molecule has 17 heteroatoms. The number of hydrogen-bond acceptors (Lipinski definition) is 10. The molecule has 0 spiro atoms. The van der Waals surface area contributed by atoms with Crippen molar-refractivity contribution in [3.8, 4) is 46.7 Å². The lowest BCUT2D eigenvalue weighted by molar-refractivity contribution is -0.0708. The van der Waals surface area contributed by atoms with E-state index in [2.05, 4.69) is 54.0 Å². The summed E-state index contributed by atoms with van der Waals surface area (Å²) in [6.07, 6.45) is 7.95. The molecule has 2 heterocycles. The van der Waals surface area contributed by atoms with E-state index >= 15 is 0 Å². The molecule has 0 aliphatic carbocycles. The molecule has 66 heavy (non-hydrogen) atoms. The van der Waals surface area contributed by atoms with Gasteiger partial charge in [-0.1, -0.05) is 92.6 Å². The summed E-state index contributed by atoms with van der Waals surface area (Å²) in [5.74, 6) is 11.0. The number of aryl methyl sites for hydroxylation is 4. The van der Waals surface area contributed by atoms with Crippen molar-refractivity contribution in [2.45, 2.75) is 76.2 Å². The smallest absolute Gasteiger partial charge is 0.384 e. The maximum absolute atomic E-state index is 13.2. The van der Waals surface area contributed by atoms with Gasteiger partial charge in [0.2, 0.25) is 0 Å². The molecule has 11 nitrogen and oxygen atoms in total. The number of halogens is 2. The average molecular weight is 971 g/mol. The van der Waals surface area contributed by atoms with Gasteiger partial charge < -0.3 is 28.0 Å². The van der Waals surface area contributed by atoms with Gasteiger partial charge >= 0.3 is 7.60 Å². The van der Waals surface area contributed by atoms with Crippen LogP contribution in [0, 0.1) is 55.9 Å². The van der Waals surface area contributed by atoms with E-state index in [0.29, 0.717) is 29.0 Å². The first-order valence-electron chi connectivity index (χ1n) is 20.7. The molecule has 0 amide bonds. The van der Waals surface area contributed by atoms with Gasteiger partial charge in [-0.3, -0.25) is 4.52 Å². The van der Waals surface area contributed by atoms with Crippen LogP contribution in [0.15, 0.2) is 115 Å². The number of imidazole rings is 1. The Labute approximate surface area is 402 Å². The summed E-state index contributed by atoms with van der Waals surface area (Å²) in [6, 6.07) is 28.4. The fourth-order valence-corrected chi connectivity index (χ4v) is 9.41. The minimum atomic E-state index is -3.65. The van der Waals surface area contributed by atoms with E-state index in [0.717, 1.165) is 22.3 Å². The van der Waals surface area contributed by atoms with Crippen molar-refractivity contribution < 1.29 is 41.0 Å². The molecule has 0 bridgehead atoms. The number of hydrogen-bond donors (Lipinski definition) is 0. The third kappa shape index (κ3) is 17.0. The van der Waals surface area contributed by atoms with E-state index in [-0.39, 0.29) is 11.5 Å². The molecule has 4 aromatic carbocycles. The fraction of sp³-hybridized carbons (Fsp3) is 0.327. The highest BCUT2D eigenvalue weighted by Crippen LogP contribution is 2.48. The minimum Gasteiger partial charge on any atom is -0.497 e. The van der Waals surface area contributed by atoms with E-state index < -0.39 is 40.5 Å². The third-order valence-electron chi connectivity index (χ3n) is 9.39. The number of rotatable bonds is 13. The van der Waals surface area contributed by atoms with Gasteiger partial charge in [-0.15, -0.1) is 0 Å². The molecular weight excluding hydrogens is 916 g/mol. The molecule has 5 aromatic rings. The van der Waals surface area contributed by atoms with Crippen LogP contribution in [0.2, 0.25) is 0 Å². The molecule has 0 N–H and O–H groups in total. The second-order valence-electron chi connectivity index (χ2n) is 14.8. The summed E-state index contributed by atoms with van der Waals surface area (Å²) in [6.45, 7) is 11.0. The molecule has 1 saturated heterocycles. The van der Waals surface area contributed by atoms with Crippen LogP contribution in [-0.4, -0.2) is 78.6 Å². The van der Waals surface area contributed by atoms with Crippen molar-refractivity contribution in [1.82, 2.24) is 9.55 Å². The zero-order valence-electron chi connectivity index (χ0n) is 38.6. The first kappa shape index (κ1) is 55.3. The first-order chi connectivity index (χ1) is 31.5. The molecule has 1 fully saturated rings. The van der Waals surface area contributed by atoms with Gasteiger partial charge in [0.1, 0.15) is 29.3 Å². The van der Waals surface area contributed by atoms with E-state index in [4.69, 9.17) is 58.0 Å². The number of ether oxygens (including phenoxy) is 4. The number of methoxy groups -OCH3 is 2. The molecule has 0 saturated carbocycles. The molecular formula is C49H54B2Cl2N2O9PS. The minimum absolute atomic E-state index is 0.0518. The van der Waals surface area contributed by atoms with Gasteiger partial charge in [0.25, 0.3) is 9.05 Å². The van der Waals surface area contributed by atoms with Crippen molar-refractivity contribution in [3.63, 3.8) is 0 Å². The van der Waals surface area contributed by atoms with Crippen LogP contribution in [0.5, 0.6) is 11.5 Å². The summed E-state index contributed by atoms with van der Waals surface area (Å²) < 4.78 is 72.5. The van der Waals surface area contributed by atoms with Gasteiger partial charge in [-0.2, -0.15) is 0 Å². The van der Waals surface area contributed by atoms with Crippen LogP contribution in [0.1, 0.15) is 60.1 Å². The second kappa shape index (κ2) is 27.5. The fourth-order valence-electron chi connectivity index (χ4n) is 6.77. The molecule has 3 radical (unpaired) electrons. The zero-order valence-corrected chi connectivity index (χ0v) is 41.8. The van der Waals surface area contributed by atoms with Crippen molar-refractivity contribution in [1.29, 1.82) is 0 Å². The van der Waals surface area contributed by atoms with Gasteiger partial charge in [0.05, 0.1) is 52.0 Å². The maximum Gasteiger partial charge on any atom is 0.384 e. The molecule has 1 aliphatic heterocycles. The Balaban J connectivity index is 0.000000427. The van der Waals surface area contributed by atoms with Crippen LogP contribution in [0.4, 0.5) is 0 Å². The van der Waals surface area contributed by atoms with Crippen LogP contribution in [-0.2, 0) is 44.8 Å². The van der Waals surface area contributed by atoms with Crippen LogP contribution < -0.4 is 9.47 Å². The summed E-state index contributed by atoms with van der Waals surface area (Å²) in [7, 11) is 10.5. The van der Waals surface area contributed by atoms with Crippen molar-refractivity contribution in [2.75, 3.05) is 27.5 Å². The SMILES string of the molecule is CCC.Cc1cc(C)c(S(=O)(=O)Cl)c(C)c1.Cn1ccnc1.[B][B][C@H]1CC(OP(C)(=O)OC#CC#CC#CCl)[C@@H](COC(c2ccccc2)(c2ccc(OC)cc2)c2ccc(OC)cc2)O1. The maximum atomic E-state index is 13.2. The third-order valence-corrected chi connectivity index (χ3v) is 12.2. The summed E-state index contributed by atoms with van der Waals surface area (Å²) in [5, 5.41) is 2.11. The Morgan fingerprint density at radius 1 is 0.894 bits per heavy atom. The molecule has 1 aliphatic rings. The summed E-state index contributed by atoms with van der Waals surface area (Å²) >= 11 is 5.25. The topological polar surface area (TPSA) is 124 Å². The highest BCUT2D eigenvalue weighted by atomic mass is 35.7. The Kier molecular flexibility index (Phi) is 23.1. The Morgan fingerprint density at radius 2 is 1.42 bits per heavy atom. The van der Waals surface area contributed by atoms with Crippen molar-refractivity contribution in [3.05, 3.63) is 143 Å². The van der Waals surface area contributed by atoms with E-state index in [1.165, 1.54) is 20.3 Å². The van der Waals surface area contributed by atoms with Gasteiger partial charge in [-0.05, 0) is 90.9 Å². The van der Waals surface area contributed by atoms with Crippen molar-refractivity contribution in [2.24, 2.45) is 7.05 Å². The molecule has 4 atom stereocenters.